The van der Waals surface area contributed by atoms with Crippen LogP contribution in [0.3, 0.4) is 0 Å². The van der Waals surface area contributed by atoms with Crippen LogP contribution in [0.15, 0.2) is 6.07 Å². The summed E-state index contributed by atoms with van der Waals surface area (Å²) >= 11 is 0. The molecule has 1 aliphatic rings. The molecular formula is C14H26N6O. The molecule has 2 heterocycles. The number of ether oxygens (including phenoxy) is 1. The van der Waals surface area contributed by atoms with Gasteiger partial charge in [0.05, 0.1) is 0 Å². The van der Waals surface area contributed by atoms with Gasteiger partial charge in [0.15, 0.2) is 5.82 Å². The van der Waals surface area contributed by atoms with Gasteiger partial charge >= 0.3 is 0 Å². The van der Waals surface area contributed by atoms with Crippen molar-refractivity contribution in [3.63, 3.8) is 0 Å². The van der Waals surface area contributed by atoms with E-state index in [1.54, 1.807) is 0 Å². The predicted octanol–water partition coefficient (Wildman–Crippen LogP) is 0.829. The van der Waals surface area contributed by atoms with Gasteiger partial charge < -0.3 is 20.0 Å². The number of nitrogen functional groups attached to an aromatic ring is 1. The predicted molar refractivity (Wildman–Crippen MR) is 84.1 cm³/mol. The summed E-state index contributed by atoms with van der Waals surface area (Å²) in [6.07, 6.45) is 2.39. The van der Waals surface area contributed by atoms with Crippen LogP contribution in [0.5, 0.6) is 0 Å². The van der Waals surface area contributed by atoms with Crippen molar-refractivity contribution < 1.29 is 4.74 Å². The Bertz CT molecular complexity index is 453. The average Bonchev–Trinajstić information content (AvgIpc) is 2.52. The second-order valence-corrected chi connectivity index (χ2v) is 5.51. The molecule has 0 amide bonds. The summed E-state index contributed by atoms with van der Waals surface area (Å²) in [6.45, 7) is 5.00. The largest absolute Gasteiger partial charge is 0.374 e. The van der Waals surface area contributed by atoms with Gasteiger partial charge in [-0.05, 0) is 33.9 Å². The summed E-state index contributed by atoms with van der Waals surface area (Å²) in [7, 11) is 4.25. The number of aromatic nitrogens is 2. The van der Waals surface area contributed by atoms with E-state index < -0.39 is 0 Å². The molecule has 0 aliphatic carbocycles. The highest BCUT2D eigenvalue weighted by Gasteiger charge is 2.23. The smallest absolute Gasteiger partial charge is 0.158 e. The fraction of sp³-hybridized carbons (Fsp3) is 0.714. The highest BCUT2D eigenvalue weighted by Crippen LogP contribution is 2.22. The third kappa shape index (κ3) is 4.26. The standard InChI is InChI=1S/C14H26N6O/c1-4-21-10-13-16-12(18-15)8-14(17-13)20-7-5-6-11(9-20)19(2)3/h8,11H,4-7,9-10,15H2,1-3H3,(H,16,17,18). The molecule has 1 saturated heterocycles. The van der Waals surface area contributed by atoms with E-state index in [1.165, 1.54) is 12.8 Å². The first-order chi connectivity index (χ1) is 10.1. The fourth-order valence-corrected chi connectivity index (χ4v) is 2.56. The lowest BCUT2D eigenvalue weighted by molar-refractivity contribution is 0.128. The van der Waals surface area contributed by atoms with Crippen LogP contribution < -0.4 is 16.2 Å². The first kappa shape index (κ1) is 15.9. The molecule has 1 aromatic heterocycles. The Morgan fingerprint density at radius 2 is 2.29 bits per heavy atom. The number of likely N-dealkylation sites (N-methyl/N-ethyl adjacent to an activating group) is 1. The Labute approximate surface area is 126 Å². The number of hydrazine groups is 1. The van der Waals surface area contributed by atoms with Crippen LogP contribution in [-0.4, -0.2) is 54.7 Å². The Balaban J connectivity index is 2.17. The van der Waals surface area contributed by atoms with E-state index in [2.05, 4.69) is 39.3 Å². The molecule has 0 spiro atoms. The average molecular weight is 294 g/mol. The van der Waals surface area contributed by atoms with Gasteiger partial charge in [-0.2, -0.15) is 0 Å². The SMILES string of the molecule is CCOCc1nc(NN)cc(N2CCCC(N(C)C)C2)n1. The van der Waals surface area contributed by atoms with E-state index in [-0.39, 0.29) is 0 Å². The number of piperidine rings is 1. The molecule has 1 aromatic rings. The Morgan fingerprint density at radius 3 is 2.95 bits per heavy atom. The van der Waals surface area contributed by atoms with E-state index >= 15 is 0 Å². The van der Waals surface area contributed by atoms with Gasteiger partial charge in [-0.15, -0.1) is 0 Å². The van der Waals surface area contributed by atoms with Crippen molar-refractivity contribution in [2.75, 3.05) is 44.1 Å². The van der Waals surface area contributed by atoms with Crippen molar-refractivity contribution in [3.8, 4) is 0 Å². The number of nitrogens with zero attached hydrogens (tertiary/aromatic N) is 4. The van der Waals surface area contributed by atoms with Crippen molar-refractivity contribution in [3.05, 3.63) is 11.9 Å². The summed E-state index contributed by atoms with van der Waals surface area (Å²) in [5, 5.41) is 0. The van der Waals surface area contributed by atoms with Crippen LogP contribution in [0.2, 0.25) is 0 Å². The summed E-state index contributed by atoms with van der Waals surface area (Å²) in [6, 6.07) is 2.45. The molecule has 1 unspecified atom stereocenters. The molecule has 0 bridgehead atoms. The van der Waals surface area contributed by atoms with Crippen LogP contribution in [0.1, 0.15) is 25.6 Å². The third-order valence-electron chi connectivity index (χ3n) is 3.79. The minimum atomic E-state index is 0.407. The van der Waals surface area contributed by atoms with Gasteiger partial charge in [0, 0.05) is 31.8 Å². The minimum Gasteiger partial charge on any atom is -0.374 e. The molecule has 7 nitrogen and oxygen atoms in total. The Hall–Kier alpha value is -1.44. The summed E-state index contributed by atoms with van der Waals surface area (Å²) < 4.78 is 5.40. The summed E-state index contributed by atoms with van der Waals surface area (Å²) in [5.41, 5.74) is 2.61. The number of hydrogen-bond donors (Lipinski definition) is 2. The lowest BCUT2D eigenvalue weighted by atomic mass is 10.1. The molecule has 1 aliphatic heterocycles. The van der Waals surface area contributed by atoms with Crippen LogP contribution >= 0.6 is 0 Å². The zero-order valence-electron chi connectivity index (χ0n) is 13.2. The summed E-state index contributed by atoms with van der Waals surface area (Å²) in [5.74, 6) is 7.72. The van der Waals surface area contributed by atoms with Crippen molar-refractivity contribution in [2.24, 2.45) is 5.84 Å². The van der Waals surface area contributed by atoms with Crippen LogP contribution in [0.4, 0.5) is 11.6 Å². The molecule has 0 radical (unpaired) electrons. The lowest BCUT2D eigenvalue weighted by Gasteiger charge is -2.36. The highest BCUT2D eigenvalue weighted by atomic mass is 16.5. The monoisotopic (exact) mass is 294 g/mol. The zero-order valence-corrected chi connectivity index (χ0v) is 13.2. The highest BCUT2D eigenvalue weighted by molar-refractivity contribution is 5.49. The van der Waals surface area contributed by atoms with E-state index in [0.29, 0.717) is 30.9 Å². The van der Waals surface area contributed by atoms with Gasteiger partial charge in [-0.1, -0.05) is 0 Å². The number of rotatable bonds is 6. The van der Waals surface area contributed by atoms with Crippen molar-refractivity contribution in [1.82, 2.24) is 14.9 Å². The molecule has 3 N–H and O–H groups in total. The third-order valence-corrected chi connectivity index (χ3v) is 3.79. The van der Waals surface area contributed by atoms with E-state index in [1.807, 2.05) is 13.0 Å². The van der Waals surface area contributed by atoms with Crippen LogP contribution in [-0.2, 0) is 11.3 Å². The van der Waals surface area contributed by atoms with Gasteiger partial charge in [0.2, 0.25) is 0 Å². The maximum atomic E-state index is 5.51. The number of nitrogens with one attached hydrogen (secondary N) is 1. The van der Waals surface area contributed by atoms with Crippen molar-refractivity contribution in [1.29, 1.82) is 0 Å². The normalized spacial score (nSPS) is 19.1. The molecule has 7 heteroatoms. The second-order valence-electron chi connectivity index (χ2n) is 5.51. The Kier molecular flexibility index (Phi) is 5.72. The van der Waals surface area contributed by atoms with Gasteiger partial charge in [0.1, 0.15) is 18.2 Å². The zero-order chi connectivity index (χ0) is 15.2. The van der Waals surface area contributed by atoms with Crippen LogP contribution in [0, 0.1) is 0 Å². The second kappa shape index (κ2) is 7.53. The molecule has 1 fully saturated rings. The maximum Gasteiger partial charge on any atom is 0.158 e. The topological polar surface area (TPSA) is 79.5 Å². The quantitative estimate of drug-likeness (QED) is 0.594. The molecule has 21 heavy (non-hydrogen) atoms. The number of nitrogens with two attached hydrogens (primary N) is 1. The van der Waals surface area contributed by atoms with Gasteiger partial charge in [0.25, 0.3) is 0 Å². The fourth-order valence-electron chi connectivity index (χ4n) is 2.56. The Morgan fingerprint density at radius 1 is 1.48 bits per heavy atom. The molecular weight excluding hydrogens is 268 g/mol. The molecule has 0 saturated carbocycles. The lowest BCUT2D eigenvalue weighted by Crippen LogP contribution is -2.45. The first-order valence-corrected chi connectivity index (χ1v) is 7.47. The number of hydrogen-bond acceptors (Lipinski definition) is 7. The van der Waals surface area contributed by atoms with E-state index in [9.17, 15) is 0 Å². The minimum absolute atomic E-state index is 0.407. The maximum absolute atomic E-state index is 5.51. The molecule has 118 valence electrons. The van der Waals surface area contributed by atoms with Crippen molar-refractivity contribution >= 4 is 11.6 Å². The molecule has 1 atom stereocenters. The van der Waals surface area contributed by atoms with E-state index in [4.69, 9.17) is 10.6 Å². The van der Waals surface area contributed by atoms with Gasteiger partial charge in [-0.3, -0.25) is 0 Å². The van der Waals surface area contributed by atoms with Gasteiger partial charge in [-0.25, -0.2) is 15.8 Å². The van der Waals surface area contributed by atoms with E-state index in [0.717, 1.165) is 18.9 Å². The first-order valence-electron chi connectivity index (χ1n) is 7.47. The molecule has 2 rings (SSSR count). The van der Waals surface area contributed by atoms with Crippen molar-refractivity contribution in [2.45, 2.75) is 32.4 Å². The van der Waals surface area contributed by atoms with Crippen LogP contribution in [0.25, 0.3) is 0 Å². The number of anilines is 2. The summed E-state index contributed by atoms with van der Waals surface area (Å²) in [4.78, 5) is 13.5. The molecule has 0 aromatic carbocycles.